The van der Waals surface area contributed by atoms with Crippen LogP contribution in [-0.4, -0.2) is 37.3 Å². The summed E-state index contributed by atoms with van der Waals surface area (Å²) in [5.74, 6) is -0.591. The fraction of sp³-hybridized carbons (Fsp3) is 0.160. The molecule has 0 atom stereocenters. The zero-order valence-corrected chi connectivity index (χ0v) is 17.2. The van der Waals surface area contributed by atoms with E-state index in [2.05, 4.69) is 11.1 Å². The standard InChI is InChI=1S/C25H20N4O3/c26-16-21-15-20-14-19(6-7-22(20)27-21)17-2-4-18(5-3-17)23(30)28-10-12-29(13-11-28)24(31)25(32)8-1-9-25/h2-7,10-15,27,32H,1,8-9H2. The molecule has 2 heterocycles. The van der Waals surface area contributed by atoms with Crippen molar-refractivity contribution in [2.45, 2.75) is 24.9 Å². The number of H-pyrrole nitrogens is 1. The molecule has 0 radical (unpaired) electrons. The number of nitriles is 1. The summed E-state index contributed by atoms with van der Waals surface area (Å²) in [5.41, 5.74) is 2.59. The molecule has 2 amide bonds. The summed E-state index contributed by atoms with van der Waals surface area (Å²) >= 11 is 0. The van der Waals surface area contributed by atoms with Crippen molar-refractivity contribution < 1.29 is 14.7 Å². The second-order valence-corrected chi connectivity index (χ2v) is 8.08. The number of rotatable bonds is 3. The topological polar surface area (TPSA) is 100 Å². The summed E-state index contributed by atoms with van der Waals surface area (Å²) < 4.78 is 0. The summed E-state index contributed by atoms with van der Waals surface area (Å²) in [5, 5.41) is 20.2. The van der Waals surface area contributed by atoms with Gasteiger partial charge in [-0.05, 0) is 60.7 Å². The van der Waals surface area contributed by atoms with Crippen molar-refractivity contribution in [3.05, 3.63) is 84.6 Å². The van der Waals surface area contributed by atoms with Gasteiger partial charge in [0.15, 0.2) is 0 Å². The van der Waals surface area contributed by atoms with Crippen molar-refractivity contribution >= 4 is 22.7 Å². The van der Waals surface area contributed by atoms with Crippen LogP contribution in [0.25, 0.3) is 22.0 Å². The number of carbonyl (C=O) groups excluding carboxylic acids is 2. The lowest BCUT2D eigenvalue weighted by molar-refractivity contribution is -0.155. The maximum absolute atomic E-state index is 12.8. The zero-order chi connectivity index (χ0) is 22.3. The Kier molecular flexibility index (Phi) is 4.65. The van der Waals surface area contributed by atoms with Crippen LogP contribution in [0.4, 0.5) is 0 Å². The predicted molar refractivity (Wildman–Crippen MR) is 119 cm³/mol. The lowest BCUT2D eigenvalue weighted by Gasteiger charge is -2.37. The van der Waals surface area contributed by atoms with E-state index >= 15 is 0 Å². The molecule has 1 fully saturated rings. The molecule has 7 heteroatoms. The van der Waals surface area contributed by atoms with Crippen LogP contribution in [0.1, 0.15) is 35.3 Å². The molecule has 1 saturated carbocycles. The van der Waals surface area contributed by atoms with Crippen LogP contribution in [0.5, 0.6) is 0 Å². The zero-order valence-electron chi connectivity index (χ0n) is 17.2. The van der Waals surface area contributed by atoms with Gasteiger partial charge in [-0.3, -0.25) is 19.4 Å². The minimum Gasteiger partial charge on any atom is -0.380 e. The number of nitrogens with one attached hydrogen (secondary N) is 1. The third kappa shape index (κ3) is 3.37. The van der Waals surface area contributed by atoms with Crippen molar-refractivity contribution in [1.82, 2.24) is 14.8 Å². The van der Waals surface area contributed by atoms with Gasteiger partial charge < -0.3 is 10.1 Å². The van der Waals surface area contributed by atoms with Crippen molar-refractivity contribution in [3.8, 4) is 17.2 Å². The first-order chi connectivity index (χ1) is 15.5. The van der Waals surface area contributed by atoms with Gasteiger partial charge in [0, 0.05) is 41.3 Å². The summed E-state index contributed by atoms with van der Waals surface area (Å²) in [6.45, 7) is 0. The second kappa shape index (κ2) is 7.52. The third-order valence-electron chi connectivity index (χ3n) is 6.03. The van der Waals surface area contributed by atoms with Crippen LogP contribution in [0.15, 0.2) is 73.3 Å². The van der Waals surface area contributed by atoms with E-state index in [9.17, 15) is 14.7 Å². The molecule has 0 bridgehead atoms. The minimum absolute atomic E-state index is 0.224. The lowest BCUT2D eigenvalue weighted by atomic mass is 9.79. The van der Waals surface area contributed by atoms with E-state index in [1.54, 1.807) is 12.1 Å². The quantitative estimate of drug-likeness (QED) is 0.667. The minimum atomic E-state index is -1.28. The molecule has 5 rings (SSSR count). The van der Waals surface area contributed by atoms with Gasteiger partial charge in [0.05, 0.1) is 0 Å². The highest BCUT2D eigenvalue weighted by Crippen LogP contribution is 2.34. The fourth-order valence-corrected chi connectivity index (χ4v) is 3.95. The highest BCUT2D eigenvalue weighted by Gasteiger charge is 2.44. The summed E-state index contributed by atoms with van der Waals surface area (Å²) in [6, 6.07) is 17.1. The average molecular weight is 424 g/mol. The molecule has 0 spiro atoms. The average Bonchev–Trinajstić information content (AvgIpc) is 3.24. The van der Waals surface area contributed by atoms with Crippen molar-refractivity contribution in [3.63, 3.8) is 0 Å². The van der Waals surface area contributed by atoms with Gasteiger partial charge in [-0.25, -0.2) is 0 Å². The normalized spacial score (nSPS) is 16.6. The van der Waals surface area contributed by atoms with Gasteiger partial charge in [0.1, 0.15) is 17.4 Å². The molecule has 0 unspecified atom stereocenters. The number of carbonyl (C=O) groups is 2. The summed E-state index contributed by atoms with van der Waals surface area (Å²) in [7, 11) is 0. The molecule has 2 aromatic carbocycles. The van der Waals surface area contributed by atoms with Gasteiger partial charge in [-0.2, -0.15) is 5.26 Å². The Morgan fingerprint density at radius 3 is 2.22 bits per heavy atom. The largest absolute Gasteiger partial charge is 0.380 e. The molecule has 3 aromatic rings. The number of hydrogen-bond acceptors (Lipinski definition) is 4. The Morgan fingerprint density at radius 2 is 1.59 bits per heavy atom. The molecular weight excluding hydrogens is 404 g/mol. The van der Waals surface area contributed by atoms with E-state index in [4.69, 9.17) is 5.26 Å². The van der Waals surface area contributed by atoms with Crippen LogP contribution in [0, 0.1) is 11.3 Å². The SMILES string of the molecule is N#Cc1cc2cc(-c3ccc(C(=O)N4C=CN(C(=O)C5(O)CCC5)C=C4)cc3)ccc2[nH]1. The Hall–Kier alpha value is -4.15. The highest BCUT2D eigenvalue weighted by atomic mass is 16.3. The lowest BCUT2D eigenvalue weighted by Crippen LogP contribution is -2.51. The van der Waals surface area contributed by atoms with Gasteiger partial charge in [0.25, 0.3) is 11.8 Å². The molecular formula is C25H20N4O3. The Bertz CT molecular complexity index is 1310. The van der Waals surface area contributed by atoms with Crippen LogP contribution < -0.4 is 0 Å². The van der Waals surface area contributed by atoms with E-state index in [1.165, 1.54) is 34.6 Å². The molecule has 0 saturated heterocycles. The molecule has 158 valence electrons. The summed E-state index contributed by atoms with van der Waals surface area (Å²) in [4.78, 5) is 31.0. The molecule has 1 aliphatic heterocycles. The van der Waals surface area contributed by atoms with Crippen molar-refractivity contribution in [2.24, 2.45) is 0 Å². The van der Waals surface area contributed by atoms with Crippen LogP contribution in [0.3, 0.4) is 0 Å². The summed E-state index contributed by atoms with van der Waals surface area (Å²) in [6.07, 6.45) is 7.79. The Balaban J connectivity index is 1.30. The number of nitrogens with zero attached hydrogens (tertiary/aromatic N) is 3. The molecule has 2 aliphatic rings. The van der Waals surface area contributed by atoms with E-state index in [0.717, 1.165) is 28.5 Å². The number of fused-ring (bicyclic) bond motifs is 1. The molecule has 2 N–H and O–H groups in total. The van der Waals surface area contributed by atoms with Crippen molar-refractivity contribution in [2.75, 3.05) is 0 Å². The predicted octanol–water partition coefficient (Wildman–Crippen LogP) is 3.85. The maximum atomic E-state index is 12.8. The van der Waals surface area contributed by atoms with Crippen molar-refractivity contribution in [1.29, 1.82) is 5.26 Å². The fourth-order valence-electron chi connectivity index (χ4n) is 3.95. The van der Waals surface area contributed by atoms with Crippen LogP contribution in [0.2, 0.25) is 0 Å². The van der Waals surface area contributed by atoms with Gasteiger partial charge >= 0.3 is 0 Å². The van der Waals surface area contributed by atoms with Gasteiger partial charge in [0.2, 0.25) is 0 Å². The number of aromatic amines is 1. The van der Waals surface area contributed by atoms with Crippen LogP contribution in [-0.2, 0) is 4.79 Å². The number of benzene rings is 2. The smallest absolute Gasteiger partial charge is 0.262 e. The number of amides is 2. The van der Waals surface area contributed by atoms with E-state index in [-0.39, 0.29) is 11.8 Å². The van der Waals surface area contributed by atoms with E-state index in [1.807, 2.05) is 36.4 Å². The molecule has 7 nitrogen and oxygen atoms in total. The van der Waals surface area contributed by atoms with E-state index in [0.29, 0.717) is 24.1 Å². The first-order valence-electron chi connectivity index (χ1n) is 10.3. The Morgan fingerprint density at radius 1 is 0.938 bits per heavy atom. The third-order valence-corrected chi connectivity index (χ3v) is 6.03. The van der Waals surface area contributed by atoms with Gasteiger partial charge in [-0.1, -0.05) is 18.2 Å². The Labute approximate surface area is 184 Å². The first-order valence-corrected chi connectivity index (χ1v) is 10.3. The number of aromatic nitrogens is 1. The molecule has 1 aliphatic carbocycles. The van der Waals surface area contributed by atoms with Gasteiger partial charge in [-0.15, -0.1) is 0 Å². The van der Waals surface area contributed by atoms with Crippen LogP contribution >= 0.6 is 0 Å². The maximum Gasteiger partial charge on any atom is 0.262 e. The number of hydrogen-bond donors (Lipinski definition) is 2. The molecule has 32 heavy (non-hydrogen) atoms. The monoisotopic (exact) mass is 424 g/mol. The number of aliphatic hydroxyl groups is 1. The molecule has 1 aromatic heterocycles. The second-order valence-electron chi connectivity index (χ2n) is 8.08. The highest BCUT2D eigenvalue weighted by molar-refractivity contribution is 5.97. The first kappa shape index (κ1) is 19.8. The van der Waals surface area contributed by atoms with E-state index < -0.39 is 5.60 Å².